The van der Waals surface area contributed by atoms with Crippen LogP contribution in [0.1, 0.15) is 21.7 Å². The van der Waals surface area contributed by atoms with Gasteiger partial charge in [0.2, 0.25) is 5.91 Å². The average Bonchev–Trinajstić information content (AvgIpc) is 2.91. The first-order chi connectivity index (χ1) is 9.54. The largest absolute Gasteiger partial charge is 0.399 e. The van der Waals surface area contributed by atoms with Crippen LogP contribution in [-0.4, -0.2) is 15.5 Å². The Hall–Kier alpha value is -2.49. The third-order valence-corrected chi connectivity index (χ3v) is 3.50. The van der Waals surface area contributed by atoms with E-state index in [-0.39, 0.29) is 5.91 Å². The second-order valence-corrected chi connectivity index (χ2v) is 5.20. The molecular weight excluding hydrogens is 250 g/mol. The van der Waals surface area contributed by atoms with E-state index in [1.54, 1.807) is 4.57 Å². The second-order valence-electron chi connectivity index (χ2n) is 5.20. The lowest BCUT2D eigenvalue weighted by Crippen LogP contribution is -2.14. The van der Waals surface area contributed by atoms with Crippen molar-refractivity contribution < 1.29 is 4.79 Å². The van der Waals surface area contributed by atoms with Gasteiger partial charge in [0.15, 0.2) is 0 Å². The Kier molecular flexibility index (Phi) is 2.86. The van der Waals surface area contributed by atoms with Gasteiger partial charge in [-0.1, -0.05) is 0 Å². The third-order valence-electron chi connectivity index (χ3n) is 3.50. The second kappa shape index (κ2) is 4.56. The van der Waals surface area contributed by atoms with E-state index in [0.29, 0.717) is 12.1 Å². The van der Waals surface area contributed by atoms with Gasteiger partial charge >= 0.3 is 0 Å². The minimum Gasteiger partial charge on any atom is -0.399 e. The van der Waals surface area contributed by atoms with Gasteiger partial charge < -0.3 is 10.7 Å². The number of aryl methyl sites for hydroxylation is 2. The number of nitrogens with one attached hydrogen (secondary N) is 1. The molecule has 3 N–H and O–H groups in total. The molecule has 0 fully saturated rings. The number of rotatable bonds is 2. The highest BCUT2D eigenvalue weighted by atomic mass is 16.2. The predicted molar refractivity (Wildman–Crippen MR) is 80.9 cm³/mol. The van der Waals surface area contributed by atoms with Crippen molar-refractivity contribution in [3.63, 3.8) is 0 Å². The number of nitrogens with zero attached hydrogens (tertiary/aromatic N) is 1. The Labute approximate surface area is 117 Å². The monoisotopic (exact) mass is 267 g/mol. The Morgan fingerprint density at radius 1 is 1.25 bits per heavy atom. The summed E-state index contributed by atoms with van der Waals surface area (Å²) in [6.07, 6.45) is 2.27. The Morgan fingerprint density at radius 2 is 2.05 bits per heavy atom. The number of aromatic nitrogens is 2. The van der Waals surface area contributed by atoms with Crippen LogP contribution >= 0.6 is 0 Å². The maximum atomic E-state index is 12.5. The van der Waals surface area contributed by atoms with Crippen LogP contribution in [0.2, 0.25) is 0 Å². The molecule has 3 aromatic rings. The number of H-pyrrole nitrogens is 1. The van der Waals surface area contributed by atoms with Gasteiger partial charge in [-0.15, -0.1) is 0 Å². The van der Waals surface area contributed by atoms with Crippen molar-refractivity contribution in [3.8, 4) is 0 Å². The maximum absolute atomic E-state index is 12.5. The van der Waals surface area contributed by atoms with Crippen molar-refractivity contribution >= 4 is 22.5 Å². The standard InChI is InChI=1S/C16H17N3O/c1-10-5-12(9-18-10)7-16(20)19-11(2)6-13-8-14(17)3-4-15(13)19/h3-6,8-9,18H,7,17H2,1-2H3. The number of hydrogen-bond donors (Lipinski definition) is 2. The molecule has 0 bridgehead atoms. The summed E-state index contributed by atoms with van der Waals surface area (Å²) >= 11 is 0. The van der Waals surface area contributed by atoms with Gasteiger partial charge in [0, 0.05) is 28.7 Å². The number of nitrogen functional groups attached to an aromatic ring is 1. The Morgan fingerprint density at radius 3 is 2.75 bits per heavy atom. The molecule has 0 aliphatic heterocycles. The molecule has 0 saturated carbocycles. The highest BCUT2D eigenvalue weighted by Crippen LogP contribution is 2.22. The van der Waals surface area contributed by atoms with Crippen LogP contribution in [0, 0.1) is 13.8 Å². The van der Waals surface area contributed by atoms with Crippen LogP contribution in [0.4, 0.5) is 5.69 Å². The van der Waals surface area contributed by atoms with Crippen molar-refractivity contribution in [2.24, 2.45) is 0 Å². The normalized spacial score (nSPS) is 11.1. The molecule has 2 aromatic heterocycles. The number of benzene rings is 1. The van der Waals surface area contributed by atoms with E-state index in [1.165, 1.54) is 0 Å². The van der Waals surface area contributed by atoms with Gasteiger partial charge in [0.25, 0.3) is 0 Å². The van der Waals surface area contributed by atoms with Crippen molar-refractivity contribution in [1.82, 2.24) is 9.55 Å². The first-order valence-corrected chi connectivity index (χ1v) is 6.59. The number of nitrogens with two attached hydrogens (primary N) is 1. The van der Waals surface area contributed by atoms with Crippen molar-refractivity contribution in [3.05, 3.63) is 53.5 Å². The molecule has 0 aliphatic carbocycles. The van der Waals surface area contributed by atoms with E-state index < -0.39 is 0 Å². The number of hydrogen-bond acceptors (Lipinski definition) is 2. The molecule has 0 radical (unpaired) electrons. The highest BCUT2D eigenvalue weighted by molar-refractivity contribution is 5.95. The van der Waals surface area contributed by atoms with Crippen molar-refractivity contribution in [1.29, 1.82) is 0 Å². The number of aromatic amines is 1. The molecule has 0 unspecified atom stereocenters. The zero-order valence-electron chi connectivity index (χ0n) is 11.6. The van der Waals surface area contributed by atoms with Crippen LogP contribution in [-0.2, 0) is 6.42 Å². The van der Waals surface area contributed by atoms with E-state index in [4.69, 9.17) is 5.73 Å². The fourth-order valence-corrected chi connectivity index (χ4v) is 2.63. The lowest BCUT2D eigenvalue weighted by molar-refractivity contribution is 0.0917. The maximum Gasteiger partial charge on any atom is 0.235 e. The van der Waals surface area contributed by atoms with Gasteiger partial charge in [-0.05, 0) is 49.7 Å². The summed E-state index contributed by atoms with van der Waals surface area (Å²) in [4.78, 5) is 15.6. The molecule has 20 heavy (non-hydrogen) atoms. The molecule has 0 spiro atoms. The van der Waals surface area contributed by atoms with Gasteiger partial charge in [0.1, 0.15) is 0 Å². The van der Waals surface area contributed by atoms with E-state index in [1.807, 2.05) is 50.4 Å². The summed E-state index contributed by atoms with van der Waals surface area (Å²) in [5.74, 6) is 0.0706. The molecular formula is C16H17N3O. The van der Waals surface area contributed by atoms with Crippen LogP contribution in [0.3, 0.4) is 0 Å². The summed E-state index contributed by atoms with van der Waals surface area (Å²) in [7, 11) is 0. The molecule has 2 heterocycles. The van der Waals surface area contributed by atoms with Crippen LogP contribution in [0.15, 0.2) is 36.5 Å². The number of carbonyl (C=O) groups excluding carboxylic acids is 1. The quantitative estimate of drug-likeness (QED) is 0.701. The molecule has 0 aliphatic rings. The van der Waals surface area contributed by atoms with Gasteiger partial charge in [-0.2, -0.15) is 0 Å². The zero-order chi connectivity index (χ0) is 14.3. The minimum absolute atomic E-state index is 0.0706. The average molecular weight is 267 g/mol. The number of fused-ring (bicyclic) bond motifs is 1. The van der Waals surface area contributed by atoms with Crippen LogP contribution < -0.4 is 5.73 Å². The predicted octanol–water partition coefficient (Wildman–Crippen LogP) is 3.05. The molecule has 0 saturated heterocycles. The number of anilines is 1. The molecule has 0 atom stereocenters. The number of carbonyl (C=O) groups is 1. The molecule has 102 valence electrons. The zero-order valence-corrected chi connectivity index (χ0v) is 11.6. The van der Waals surface area contributed by atoms with Gasteiger partial charge in [0.05, 0.1) is 11.9 Å². The molecule has 1 aromatic carbocycles. The summed E-state index contributed by atoms with van der Waals surface area (Å²) < 4.78 is 1.76. The topological polar surface area (TPSA) is 63.8 Å². The third kappa shape index (κ3) is 2.09. The lowest BCUT2D eigenvalue weighted by Gasteiger charge is -2.06. The lowest BCUT2D eigenvalue weighted by atomic mass is 10.2. The summed E-state index contributed by atoms with van der Waals surface area (Å²) in [6.45, 7) is 3.92. The summed E-state index contributed by atoms with van der Waals surface area (Å²) in [6, 6.07) is 9.61. The minimum atomic E-state index is 0.0706. The van der Waals surface area contributed by atoms with E-state index >= 15 is 0 Å². The van der Waals surface area contributed by atoms with Crippen LogP contribution in [0.25, 0.3) is 10.9 Å². The van der Waals surface area contributed by atoms with Gasteiger partial charge in [-0.3, -0.25) is 9.36 Å². The fourth-order valence-electron chi connectivity index (χ4n) is 2.63. The van der Waals surface area contributed by atoms with Crippen LogP contribution in [0.5, 0.6) is 0 Å². The summed E-state index contributed by atoms with van der Waals surface area (Å²) in [5.41, 5.74) is 10.4. The first-order valence-electron chi connectivity index (χ1n) is 6.59. The van der Waals surface area contributed by atoms with E-state index in [9.17, 15) is 4.79 Å². The SMILES string of the molecule is Cc1cc(CC(=O)n2c(C)cc3cc(N)ccc32)c[nH]1. The van der Waals surface area contributed by atoms with E-state index in [2.05, 4.69) is 4.98 Å². The molecule has 3 rings (SSSR count). The highest BCUT2D eigenvalue weighted by Gasteiger charge is 2.13. The van der Waals surface area contributed by atoms with Crippen molar-refractivity contribution in [2.75, 3.05) is 5.73 Å². The van der Waals surface area contributed by atoms with Gasteiger partial charge in [-0.25, -0.2) is 0 Å². The van der Waals surface area contributed by atoms with E-state index in [0.717, 1.165) is 27.9 Å². The first kappa shape index (κ1) is 12.5. The Balaban J connectivity index is 2.01. The van der Waals surface area contributed by atoms with Crippen molar-refractivity contribution in [2.45, 2.75) is 20.3 Å². The molecule has 4 nitrogen and oxygen atoms in total. The smallest absolute Gasteiger partial charge is 0.235 e. The Bertz CT molecular complexity index is 795. The molecule has 0 amide bonds. The fraction of sp³-hybridized carbons (Fsp3) is 0.188. The molecule has 4 heteroatoms. The summed E-state index contributed by atoms with van der Waals surface area (Å²) in [5, 5.41) is 1.00.